The Morgan fingerprint density at radius 2 is 0.667 bits per heavy atom. The Morgan fingerprint density at radius 3 is 0.667 bits per heavy atom. The van der Waals surface area contributed by atoms with Crippen molar-refractivity contribution >= 4 is 0 Å². The van der Waals surface area contributed by atoms with E-state index in [1.165, 1.54) is 0 Å². The molecule has 0 aliphatic rings. The summed E-state index contributed by atoms with van der Waals surface area (Å²) in [4.78, 5) is 0. The van der Waals surface area contributed by atoms with Crippen molar-refractivity contribution in [3.8, 4) is 0 Å². The molecular weight excluding hydrogens is 391 g/mol. The zero-order valence-electron chi connectivity index (χ0n) is 13.8. The summed E-state index contributed by atoms with van der Waals surface area (Å²) in [7, 11) is 5.42. The molecule has 0 bridgehead atoms. The normalized spacial score (nSPS) is 7.33. The monoisotopic (exact) mass is 426 g/mol. The third-order valence-electron chi connectivity index (χ3n) is 1.40. The molecule has 5 heteroatoms. The fourth-order valence-corrected chi connectivity index (χ4v) is 0.224. The largest absolute Gasteiger partial charge is 4.00 e. The second-order valence-corrected chi connectivity index (χ2v) is 2.75. The fraction of sp³-hybridized carbons (Fsp3) is 1.00. The molecule has 0 amide bonds. The average Bonchev–Trinajstić information content (AvgIpc) is 2.40. The van der Waals surface area contributed by atoms with Crippen molar-refractivity contribution in [3.05, 3.63) is 21.3 Å². The van der Waals surface area contributed by atoms with Crippen LogP contribution in [0.1, 0.15) is 34.6 Å². The third-order valence-corrected chi connectivity index (χ3v) is 1.40. The maximum absolute atomic E-state index is 3.97. The molecule has 0 heterocycles. The van der Waals surface area contributed by atoms with E-state index in [4.69, 9.17) is 0 Å². The molecule has 0 aromatic rings. The van der Waals surface area contributed by atoms with Crippen molar-refractivity contribution in [1.82, 2.24) is 0 Å². The maximum Gasteiger partial charge on any atom is 4.00 e. The minimum absolute atomic E-state index is 0. The van der Waals surface area contributed by atoms with Crippen LogP contribution in [-0.4, -0.2) is 53.9 Å². The molecule has 0 aliphatic heterocycles. The first-order valence-corrected chi connectivity index (χ1v) is 6.46. The standard InChI is InChI=1S/C4H10N.3C3H8N.Hf/c1-3-5-4-2;3*1-3-4-2;/h3-4H2,1-2H3;3*3H2,1-2H3;/q4*-1;+4. The number of rotatable bonds is 5. The van der Waals surface area contributed by atoms with Crippen molar-refractivity contribution in [1.29, 1.82) is 0 Å². The summed E-state index contributed by atoms with van der Waals surface area (Å²) in [6.45, 7) is 14.9. The molecule has 0 unspecified atom stereocenters. The van der Waals surface area contributed by atoms with Crippen LogP contribution in [0.15, 0.2) is 0 Å². The van der Waals surface area contributed by atoms with Gasteiger partial charge in [-0.15, -0.1) is 0 Å². The zero-order chi connectivity index (χ0) is 14.4. The first-order valence-electron chi connectivity index (χ1n) is 6.46. The van der Waals surface area contributed by atoms with Gasteiger partial charge in [-0.3, -0.25) is 0 Å². The van der Waals surface area contributed by atoms with E-state index < -0.39 is 0 Å². The Morgan fingerprint density at radius 1 is 0.500 bits per heavy atom. The van der Waals surface area contributed by atoms with Crippen molar-refractivity contribution in [2.45, 2.75) is 34.6 Å². The summed E-state index contributed by atoms with van der Waals surface area (Å²) < 4.78 is 0. The van der Waals surface area contributed by atoms with Crippen LogP contribution in [0.2, 0.25) is 0 Å². The smallest absolute Gasteiger partial charge is 0.665 e. The first kappa shape index (κ1) is 31.2. The molecule has 0 saturated carbocycles. The Labute approximate surface area is 135 Å². The van der Waals surface area contributed by atoms with E-state index in [0.717, 1.165) is 32.7 Å². The van der Waals surface area contributed by atoms with Crippen molar-refractivity contribution < 1.29 is 25.8 Å². The zero-order valence-corrected chi connectivity index (χ0v) is 17.4. The van der Waals surface area contributed by atoms with Crippen molar-refractivity contribution in [2.24, 2.45) is 0 Å². The summed E-state index contributed by atoms with van der Waals surface area (Å²) in [5.41, 5.74) is 0. The number of hydrogen-bond acceptors (Lipinski definition) is 0. The second kappa shape index (κ2) is 52.4. The number of nitrogens with zero attached hydrogens (tertiary/aromatic N) is 4. The van der Waals surface area contributed by atoms with Gasteiger partial charge in [0.05, 0.1) is 0 Å². The van der Waals surface area contributed by atoms with E-state index >= 15 is 0 Å². The van der Waals surface area contributed by atoms with Crippen LogP contribution >= 0.6 is 0 Å². The average molecular weight is 425 g/mol. The molecule has 0 aliphatic carbocycles. The van der Waals surface area contributed by atoms with Crippen molar-refractivity contribution in [2.75, 3.05) is 53.9 Å². The van der Waals surface area contributed by atoms with Gasteiger partial charge in [-0.05, 0) is 0 Å². The number of hydrogen-bond donors (Lipinski definition) is 0. The summed E-state index contributed by atoms with van der Waals surface area (Å²) in [6.07, 6.45) is 0. The van der Waals surface area contributed by atoms with Crippen LogP contribution < -0.4 is 0 Å². The SMILES string of the molecule is CC[N-]C.CC[N-]C.CC[N-]C.CC[N-]CC.[Hf+4]. The van der Waals surface area contributed by atoms with E-state index in [1.807, 2.05) is 34.6 Å². The van der Waals surface area contributed by atoms with Gasteiger partial charge in [-0.25, -0.2) is 0 Å². The molecule has 0 spiro atoms. The van der Waals surface area contributed by atoms with Crippen molar-refractivity contribution in [3.63, 3.8) is 0 Å². The van der Waals surface area contributed by atoms with Gasteiger partial charge in [0, 0.05) is 0 Å². The van der Waals surface area contributed by atoms with Gasteiger partial charge in [-0.2, -0.15) is 53.9 Å². The van der Waals surface area contributed by atoms with E-state index in [2.05, 4.69) is 21.3 Å². The minimum atomic E-state index is 0. The van der Waals surface area contributed by atoms with Crippen LogP contribution in [0.5, 0.6) is 0 Å². The van der Waals surface area contributed by atoms with Gasteiger partial charge in [0.15, 0.2) is 0 Å². The molecule has 0 aromatic heterocycles. The molecule has 110 valence electrons. The molecule has 0 saturated heterocycles. The summed E-state index contributed by atoms with van der Waals surface area (Å²) in [5, 5.41) is 15.2. The second-order valence-electron chi connectivity index (χ2n) is 2.75. The van der Waals surface area contributed by atoms with Crippen LogP contribution in [0, 0.1) is 0 Å². The summed E-state index contributed by atoms with van der Waals surface area (Å²) in [6, 6.07) is 0. The van der Waals surface area contributed by atoms with Crippen LogP contribution in [0.4, 0.5) is 0 Å². The fourth-order valence-electron chi connectivity index (χ4n) is 0.224. The van der Waals surface area contributed by atoms with Gasteiger partial charge in [0.25, 0.3) is 0 Å². The Hall–Kier alpha value is 0.710. The van der Waals surface area contributed by atoms with Gasteiger partial charge in [0.2, 0.25) is 0 Å². The molecule has 0 aromatic carbocycles. The molecule has 0 N–H and O–H groups in total. The van der Waals surface area contributed by atoms with E-state index in [9.17, 15) is 0 Å². The first-order chi connectivity index (χ1) is 8.16. The van der Waals surface area contributed by atoms with Crippen LogP contribution in [0.25, 0.3) is 21.3 Å². The molecule has 0 rings (SSSR count). The van der Waals surface area contributed by atoms with E-state index in [0.29, 0.717) is 0 Å². The van der Waals surface area contributed by atoms with Gasteiger partial charge < -0.3 is 21.3 Å². The van der Waals surface area contributed by atoms with E-state index in [-0.39, 0.29) is 25.8 Å². The minimum Gasteiger partial charge on any atom is -0.665 e. The molecule has 4 nitrogen and oxygen atoms in total. The molecular formula is C13H34HfN4. The topological polar surface area (TPSA) is 56.4 Å². The van der Waals surface area contributed by atoms with Gasteiger partial charge in [0.1, 0.15) is 0 Å². The molecule has 0 fully saturated rings. The Kier molecular flexibility index (Phi) is 91.0. The predicted molar refractivity (Wildman–Crippen MR) is 83.9 cm³/mol. The van der Waals surface area contributed by atoms with Crippen LogP contribution in [-0.2, 0) is 25.8 Å². The summed E-state index contributed by atoms with van der Waals surface area (Å²) >= 11 is 0. The third kappa shape index (κ3) is 126. The molecule has 18 heavy (non-hydrogen) atoms. The van der Waals surface area contributed by atoms with Gasteiger partial charge >= 0.3 is 25.8 Å². The Bertz CT molecular complexity index is 58.5. The van der Waals surface area contributed by atoms with E-state index in [1.54, 1.807) is 21.1 Å². The quantitative estimate of drug-likeness (QED) is 0.586. The predicted octanol–water partition coefficient (Wildman–Crippen LogP) is 4.43. The van der Waals surface area contributed by atoms with Crippen LogP contribution in [0.3, 0.4) is 0 Å². The molecule has 0 atom stereocenters. The maximum atomic E-state index is 3.97. The Balaban J connectivity index is -0.0000000412. The summed E-state index contributed by atoms with van der Waals surface area (Å²) in [5.74, 6) is 0. The van der Waals surface area contributed by atoms with Gasteiger partial charge in [-0.1, -0.05) is 34.6 Å². The molecule has 0 radical (unpaired) electrons.